The van der Waals surface area contributed by atoms with Crippen molar-refractivity contribution in [2.24, 2.45) is 10.8 Å². The number of rotatable bonds is 3. The van der Waals surface area contributed by atoms with Gasteiger partial charge in [0.25, 0.3) is 0 Å². The summed E-state index contributed by atoms with van der Waals surface area (Å²) >= 11 is 0. The first kappa shape index (κ1) is 20.9. The summed E-state index contributed by atoms with van der Waals surface area (Å²) in [7, 11) is 0. The number of hydrogen-bond acceptors (Lipinski definition) is 4. The second kappa shape index (κ2) is 7.11. The Balaban J connectivity index is 2.00. The maximum absolute atomic E-state index is 13.5. The van der Waals surface area contributed by atoms with Gasteiger partial charge in [-0.25, -0.2) is 0 Å². The largest absolute Gasteiger partial charge is 0.508 e. The molecule has 0 unspecified atom stereocenters. The number of phenols is 1. The van der Waals surface area contributed by atoms with Crippen LogP contribution in [0.15, 0.2) is 46.8 Å². The third kappa shape index (κ3) is 3.51. The second-order valence-electron chi connectivity index (χ2n) is 10.8. The van der Waals surface area contributed by atoms with Gasteiger partial charge in [0.2, 0.25) is 0 Å². The van der Waals surface area contributed by atoms with Gasteiger partial charge in [-0.1, -0.05) is 46.8 Å². The number of ketones is 2. The molecule has 0 atom stereocenters. The highest BCUT2D eigenvalue weighted by atomic mass is 16.3. The number of carbonyl (C=O) groups excluding carboxylic acids is 2. The van der Waals surface area contributed by atoms with Gasteiger partial charge in [0, 0.05) is 47.8 Å². The first-order valence-corrected chi connectivity index (χ1v) is 11.1. The normalized spacial score (nSPS) is 23.6. The van der Waals surface area contributed by atoms with E-state index in [0.29, 0.717) is 12.8 Å². The fraction of sp³-hybridized carbons (Fsp3) is 0.538. The molecular weight excluding hydrogens is 374 g/mol. The standard InChI is InChI=1S/C26H33NO3/c1-6-10-27-18-12-25(2,3)14-20(29)23(18)22(16-8-7-9-17(28)11-16)24-19(27)13-26(4,5)15-21(24)30/h7-9,11,22,28H,6,10,12-15H2,1-5H3. The summed E-state index contributed by atoms with van der Waals surface area (Å²) in [5, 5.41) is 10.2. The van der Waals surface area contributed by atoms with Gasteiger partial charge in [-0.3, -0.25) is 9.59 Å². The monoisotopic (exact) mass is 407 g/mol. The number of hydrogen-bond donors (Lipinski definition) is 1. The number of allylic oxidation sites excluding steroid dienone is 4. The molecule has 1 aliphatic heterocycles. The molecule has 0 spiro atoms. The van der Waals surface area contributed by atoms with Crippen molar-refractivity contribution in [1.29, 1.82) is 0 Å². The molecule has 1 aromatic carbocycles. The molecule has 1 N–H and O–H groups in total. The zero-order chi connectivity index (χ0) is 21.8. The maximum Gasteiger partial charge on any atom is 0.162 e. The highest BCUT2D eigenvalue weighted by Crippen LogP contribution is 2.54. The summed E-state index contributed by atoms with van der Waals surface area (Å²) < 4.78 is 0. The molecule has 0 saturated carbocycles. The number of phenolic OH excluding ortho intramolecular Hbond substituents is 1. The van der Waals surface area contributed by atoms with E-state index in [4.69, 9.17) is 0 Å². The molecule has 4 heteroatoms. The topological polar surface area (TPSA) is 57.6 Å². The van der Waals surface area contributed by atoms with Crippen LogP contribution >= 0.6 is 0 Å². The SMILES string of the molecule is CCCN1C2=C(C(=O)CC(C)(C)C2)C(c2cccc(O)c2)C2=C1CC(C)(C)CC2=O. The van der Waals surface area contributed by atoms with E-state index in [1.165, 1.54) is 0 Å². The summed E-state index contributed by atoms with van der Waals surface area (Å²) in [4.78, 5) is 29.3. The van der Waals surface area contributed by atoms with Crippen LogP contribution in [0, 0.1) is 10.8 Å². The van der Waals surface area contributed by atoms with Gasteiger partial charge in [0.1, 0.15) is 5.75 Å². The van der Waals surface area contributed by atoms with Gasteiger partial charge in [-0.2, -0.15) is 0 Å². The molecule has 1 aromatic rings. The van der Waals surface area contributed by atoms with Gasteiger partial charge >= 0.3 is 0 Å². The molecule has 0 fully saturated rings. The van der Waals surface area contributed by atoms with Crippen molar-refractivity contribution in [3.05, 3.63) is 52.4 Å². The van der Waals surface area contributed by atoms with Crippen LogP contribution in [-0.2, 0) is 9.59 Å². The Kier molecular flexibility index (Phi) is 4.95. The predicted octanol–water partition coefficient (Wildman–Crippen LogP) is 5.49. The fourth-order valence-electron chi connectivity index (χ4n) is 5.58. The van der Waals surface area contributed by atoms with E-state index in [-0.39, 0.29) is 34.1 Å². The predicted molar refractivity (Wildman–Crippen MR) is 118 cm³/mol. The van der Waals surface area contributed by atoms with Gasteiger partial charge in [-0.05, 0) is 47.8 Å². The summed E-state index contributed by atoms with van der Waals surface area (Å²) in [6, 6.07) is 7.10. The minimum atomic E-state index is -0.373. The fourth-order valence-corrected chi connectivity index (χ4v) is 5.58. The van der Waals surface area contributed by atoms with Crippen molar-refractivity contribution in [2.75, 3.05) is 6.54 Å². The first-order valence-electron chi connectivity index (χ1n) is 11.1. The molecule has 3 aliphatic rings. The smallest absolute Gasteiger partial charge is 0.162 e. The lowest BCUT2D eigenvalue weighted by atomic mass is 9.63. The highest BCUT2D eigenvalue weighted by Gasteiger charge is 2.48. The number of benzene rings is 1. The summed E-state index contributed by atoms with van der Waals surface area (Å²) in [6.07, 6.45) is 3.59. The van der Waals surface area contributed by atoms with Crippen molar-refractivity contribution in [1.82, 2.24) is 4.90 Å². The molecule has 2 aliphatic carbocycles. The zero-order valence-corrected chi connectivity index (χ0v) is 18.8. The molecule has 1 heterocycles. The van der Waals surface area contributed by atoms with Crippen LogP contribution in [0.1, 0.15) is 78.2 Å². The molecular formula is C26H33NO3. The van der Waals surface area contributed by atoms with E-state index < -0.39 is 0 Å². The van der Waals surface area contributed by atoms with E-state index in [0.717, 1.165) is 53.9 Å². The third-order valence-electron chi connectivity index (χ3n) is 6.67. The molecule has 30 heavy (non-hydrogen) atoms. The minimum absolute atomic E-state index is 0.0997. The van der Waals surface area contributed by atoms with Gasteiger partial charge in [0.05, 0.1) is 0 Å². The van der Waals surface area contributed by atoms with Crippen LogP contribution < -0.4 is 0 Å². The third-order valence-corrected chi connectivity index (χ3v) is 6.67. The highest BCUT2D eigenvalue weighted by molar-refractivity contribution is 6.06. The Bertz CT molecular complexity index is 926. The van der Waals surface area contributed by atoms with Crippen LogP contribution in [0.3, 0.4) is 0 Å². The van der Waals surface area contributed by atoms with E-state index in [1.54, 1.807) is 18.2 Å². The van der Waals surface area contributed by atoms with Crippen molar-refractivity contribution < 1.29 is 14.7 Å². The molecule has 160 valence electrons. The minimum Gasteiger partial charge on any atom is -0.508 e. The van der Waals surface area contributed by atoms with Crippen LogP contribution in [-0.4, -0.2) is 28.1 Å². The van der Waals surface area contributed by atoms with Crippen LogP contribution in [0.2, 0.25) is 0 Å². The number of aromatic hydroxyl groups is 1. The Hall–Kier alpha value is -2.36. The van der Waals surface area contributed by atoms with Crippen molar-refractivity contribution in [3.63, 3.8) is 0 Å². The Morgan fingerprint density at radius 1 is 0.933 bits per heavy atom. The lowest BCUT2D eigenvalue weighted by Crippen LogP contribution is -2.44. The van der Waals surface area contributed by atoms with E-state index in [9.17, 15) is 14.7 Å². The summed E-state index contributed by atoms with van der Waals surface area (Å²) in [5.74, 6) is 0.0714. The molecule has 4 rings (SSSR count). The lowest BCUT2D eigenvalue weighted by Gasteiger charge is -2.49. The van der Waals surface area contributed by atoms with Crippen molar-refractivity contribution in [2.45, 2.75) is 72.6 Å². The molecule has 0 saturated heterocycles. The number of nitrogens with zero attached hydrogens (tertiary/aromatic N) is 1. The van der Waals surface area contributed by atoms with Crippen molar-refractivity contribution >= 4 is 11.6 Å². The summed E-state index contributed by atoms with van der Waals surface area (Å²) in [6.45, 7) is 11.6. The quantitative estimate of drug-likeness (QED) is 0.720. The van der Waals surface area contributed by atoms with Crippen LogP contribution in [0.4, 0.5) is 0 Å². The Labute approximate surface area is 179 Å². The van der Waals surface area contributed by atoms with Crippen molar-refractivity contribution in [3.8, 4) is 5.75 Å². The second-order valence-corrected chi connectivity index (χ2v) is 10.8. The van der Waals surface area contributed by atoms with Gasteiger partial charge < -0.3 is 10.0 Å². The van der Waals surface area contributed by atoms with Gasteiger partial charge in [0.15, 0.2) is 11.6 Å². The Morgan fingerprint density at radius 2 is 1.47 bits per heavy atom. The maximum atomic E-state index is 13.5. The van der Waals surface area contributed by atoms with Gasteiger partial charge in [-0.15, -0.1) is 0 Å². The average molecular weight is 408 g/mol. The van der Waals surface area contributed by atoms with E-state index in [2.05, 4.69) is 39.5 Å². The number of Topliss-reactive ketones (excluding diaryl/α,β-unsaturated/α-hetero) is 2. The van der Waals surface area contributed by atoms with Crippen LogP contribution in [0.25, 0.3) is 0 Å². The van der Waals surface area contributed by atoms with Crippen LogP contribution in [0.5, 0.6) is 5.75 Å². The summed E-state index contributed by atoms with van der Waals surface area (Å²) in [5.41, 5.74) is 4.38. The average Bonchev–Trinajstić information content (AvgIpc) is 2.61. The molecule has 4 nitrogen and oxygen atoms in total. The number of carbonyl (C=O) groups is 2. The van der Waals surface area contributed by atoms with E-state index in [1.807, 2.05) is 6.07 Å². The molecule has 0 bridgehead atoms. The van der Waals surface area contributed by atoms with E-state index >= 15 is 0 Å². The molecule has 0 amide bonds. The molecule has 0 aromatic heterocycles. The zero-order valence-electron chi connectivity index (χ0n) is 18.8. The Morgan fingerprint density at radius 3 is 1.93 bits per heavy atom. The molecule has 0 radical (unpaired) electrons. The lowest BCUT2D eigenvalue weighted by molar-refractivity contribution is -0.119. The first-order chi connectivity index (χ1) is 14.0.